The van der Waals surface area contributed by atoms with E-state index in [2.05, 4.69) is 18.7 Å². The van der Waals surface area contributed by atoms with Crippen molar-refractivity contribution >= 4 is 5.69 Å². The zero-order valence-corrected chi connectivity index (χ0v) is 10.7. The van der Waals surface area contributed by atoms with Crippen LogP contribution in [0.4, 0.5) is 5.69 Å². The van der Waals surface area contributed by atoms with Crippen molar-refractivity contribution in [2.45, 2.75) is 51.7 Å². The predicted octanol–water partition coefficient (Wildman–Crippen LogP) is 2.74. The molecule has 2 atom stereocenters. The van der Waals surface area contributed by atoms with Crippen LogP contribution in [0, 0.1) is 0 Å². The summed E-state index contributed by atoms with van der Waals surface area (Å²) >= 11 is 0. The molecule has 2 unspecified atom stereocenters. The average molecular weight is 234 g/mol. The number of nitrogen functional groups attached to an aromatic ring is 1. The summed E-state index contributed by atoms with van der Waals surface area (Å²) in [6, 6.07) is 6.87. The molecule has 1 aliphatic rings. The van der Waals surface area contributed by atoms with Crippen molar-refractivity contribution < 1.29 is 5.11 Å². The van der Waals surface area contributed by atoms with Crippen molar-refractivity contribution in [1.29, 1.82) is 0 Å². The topological polar surface area (TPSA) is 49.5 Å². The second-order valence-electron chi connectivity index (χ2n) is 5.05. The SMILES string of the molecule is CCC1CCC(C)N1Cc1ccc(O)c(N)c1. The second kappa shape index (κ2) is 4.96. The van der Waals surface area contributed by atoms with Crippen LogP contribution in [0.5, 0.6) is 5.75 Å². The molecular weight excluding hydrogens is 212 g/mol. The van der Waals surface area contributed by atoms with Crippen molar-refractivity contribution in [3.8, 4) is 5.75 Å². The highest BCUT2D eigenvalue weighted by Crippen LogP contribution is 2.29. The van der Waals surface area contributed by atoms with Crippen molar-refractivity contribution in [2.24, 2.45) is 0 Å². The molecule has 0 bridgehead atoms. The van der Waals surface area contributed by atoms with Gasteiger partial charge in [0.2, 0.25) is 0 Å². The maximum atomic E-state index is 9.42. The van der Waals surface area contributed by atoms with E-state index in [1.807, 2.05) is 12.1 Å². The Bertz CT molecular complexity index is 392. The van der Waals surface area contributed by atoms with Gasteiger partial charge in [-0.2, -0.15) is 0 Å². The van der Waals surface area contributed by atoms with Crippen molar-refractivity contribution in [2.75, 3.05) is 5.73 Å². The fourth-order valence-electron chi connectivity index (χ4n) is 2.76. The third-order valence-corrected chi connectivity index (χ3v) is 3.88. The molecule has 0 aliphatic carbocycles. The molecule has 0 spiro atoms. The van der Waals surface area contributed by atoms with Crippen molar-refractivity contribution in [3.63, 3.8) is 0 Å². The Kier molecular flexibility index (Phi) is 3.57. The quantitative estimate of drug-likeness (QED) is 0.624. The monoisotopic (exact) mass is 234 g/mol. The lowest BCUT2D eigenvalue weighted by atomic mass is 10.1. The van der Waals surface area contributed by atoms with Crippen LogP contribution in [0.2, 0.25) is 0 Å². The van der Waals surface area contributed by atoms with Gasteiger partial charge in [-0.25, -0.2) is 0 Å². The number of phenols is 1. The molecule has 1 aliphatic heterocycles. The Hall–Kier alpha value is -1.22. The van der Waals surface area contributed by atoms with Gasteiger partial charge in [-0.05, 0) is 43.9 Å². The van der Waals surface area contributed by atoms with Crippen LogP contribution >= 0.6 is 0 Å². The molecule has 1 saturated heterocycles. The molecule has 3 nitrogen and oxygen atoms in total. The van der Waals surface area contributed by atoms with E-state index < -0.39 is 0 Å². The van der Waals surface area contributed by atoms with Crippen LogP contribution in [-0.2, 0) is 6.54 Å². The fourth-order valence-corrected chi connectivity index (χ4v) is 2.76. The van der Waals surface area contributed by atoms with Crippen LogP contribution in [0.15, 0.2) is 18.2 Å². The zero-order chi connectivity index (χ0) is 12.4. The Labute approximate surface area is 103 Å². The molecule has 1 aromatic rings. The number of nitrogens with zero attached hydrogens (tertiary/aromatic N) is 1. The highest BCUT2D eigenvalue weighted by molar-refractivity contribution is 5.53. The predicted molar refractivity (Wildman–Crippen MR) is 70.8 cm³/mol. The maximum absolute atomic E-state index is 9.42. The molecule has 3 heteroatoms. The Morgan fingerprint density at radius 1 is 1.41 bits per heavy atom. The van der Waals surface area contributed by atoms with Gasteiger partial charge in [0.25, 0.3) is 0 Å². The average Bonchev–Trinajstić information content (AvgIpc) is 2.65. The summed E-state index contributed by atoms with van der Waals surface area (Å²) in [6.45, 7) is 5.48. The summed E-state index contributed by atoms with van der Waals surface area (Å²) in [7, 11) is 0. The fraction of sp³-hybridized carbons (Fsp3) is 0.571. The summed E-state index contributed by atoms with van der Waals surface area (Å²) in [5, 5.41) is 9.42. The zero-order valence-electron chi connectivity index (χ0n) is 10.7. The lowest BCUT2D eigenvalue weighted by molar-refractivity contribution is 0.189. The third kappa shape index (κ3) is 2.55. The van der Waals surface area contributed by atoms with Gasteiger partial charge in [-0.3, -0.25) is 4.90 Å². The second-order valence-corrected chi connectivity index (χ2v) is 5.05. The highest BCUT2D eigenvalue weighted by Gasteiger charge is 2.28. The number of benzene rings is 1. The molecule has 0 radical (unpaired) electrons. The lowest BCUT2D eigenvalue weighted by Crippen LogP contribution is -2.33. The van der Waals surface area contributed by atoms with E-state index in [4.69, 9.17) is 5.73 Å². The first kappa shape index (κ1) is 12.2. The van der Waals surface area contributed by atoms with E-state index in [0.717, 1.165) is 6.54 Å². The first-order valence-electron chi connectivity index (χ1n) is 6.45. The van der Waals surface area contributed by atoms with Gasteiger partial charge in [-0.15, -0.1) is 0 Å². The lowest BCUT2D eigenvalue weighted by Gasteiger charge is -2.27. The minimum atomic E-state index is 0.176. The third-order valence-electron chi connectivity index (χ3n) is 3.88. The number of hydrogen-bond donors (Lipinski definition) is 2. The Balaban J connectivity index is 2.11. The van der Waals surface area contributed by atoms with E-state index >= 15 is 0 Å². The molecule has 17 heavy (non-hydrogen) atoms. The van der Waals surface area contributed by atoms with Gasteiger partial charge >= 0.3 is 0 Å². The number of hydrogen-bond acceptors (Lipinski definition) is 3. The standard InChI is InChI=1S/C14H22N2O/c1-3-12-6-4-10(2)16(12)9-11-5-7-14(17)13(15)8-11/h5,7-8,10,12,17H,3-4,6,9,15H2,1-2H3. The number of aromatic hydroxyl groups is 1. The van der Waals surface area contributed by atoms with Crippen LogP contribution in [0.1, 0.15) is 38.7 Å². The first-order chi connectivity index (χ1) is 8.11. The molecule has 3 N–H and O–H groups in total. The number of phenolic OH excluding ortho intramolecular Hbond substituents is 1. The van der Waals surface area contributed by atoms with Crippen LogP contribution in [-0.4, -0.2) is 22.1 Å². The largest absolute Gasteiger partial charge is 0.506 e. The van der Waals surface area contributed by atoms with E-state index in [0.29, 0.717) is 17.8 Å². The van der Waals surface area contributed by atoms with Crippen LogP contribution in [0.3, 0.4) is 0 Å². The summed E-state index contributed by atoms with van der Waals surface area (Å²) in [6.07, 6.45) is 3.79. The smallest absolute Gasteiger partial charge is 0.138 e. The number of likely N-dealkylation sites (tertiary alicyclic amines) is 1. The van der Waals surface area contributed by atoms with Gasteiger partial charge in [0, 0.05) is 18.6 Å². The molecule has 1 fully saturated rings. The summed E-state index contributed by atoms with van der Waals surface area (Å²) < 4.78 is 0. The summed E-state index contributed by atoms with van der Waals surface area (Å²) in [4.78, 5) is 2.55. The van der Waals surface area contributed by atoms with Gasteiger partial charge in [-0.1, -0.05) is 13.0 Å². The van der Waals surface area contributed by atoms with Gasteiger partial charge in [0.1, 0.15) is 5.75 Å². The molecule has 0 aromatic heterocycles. The van der Waals surface area contributed by atoms with E-state index in [-0.39, 0.29) is 5.75 Å². The number of nitrogens with two attached hydrogens (primary N) is 1. The number of rotatable bonds is 3. The molecule has 94 valence electrons. The van der Waals surface area contributed by atoms with Crippen LogP contribution < -0.4 is 5.73 Å². The highest BCUT2D eigenvalue weighted by atomic mass is 16.3. The molecule has 0 saturated carbocycles. The molecular formula is C14H22N2O. The minimum Gasteiger partial charge on any atom is -0.506 e. The maximum Gasteiger partial charge on any atom is 0.138 e. The van der Waals surface area contributed by atoms with Crippen molar-refractivity contribution in [1.82, 2.24) is 4.90 Å². The molecule has 0 amide bonds. The minimum absolute atomic E-state index is 0.176. The van der Waals surface area contributed by atoms with Gasteiger partial charge in [0.15, 0.2) is 0 Å². The Morgan fingerprint density at radius 3 is 2.82 bits per heavy atom. The normalized spacial score (nSPS) is 25.3. The van der Waals surface area contributed by atoms with Gasteiger partial charge in [0.05, 0.1) is 5.69 Å². The van der Waals surface area contributed by atoms with E-state index in [9.17, 15) is 5.11 Å². The Morgan fingerprint density at radius 2 is 2.18 bits per heavy atom. The molecule has 1 aromatic carbocycles. The van der Waals surface area contributed by atoms with Gasteiger partial charge < -0.3 is 10.8 Å². The molecule has 2 rings (SSSR count). The first-order valence-corrected chi connectivity index (χ1v) is 6.45. The summed E-state index contributed by atoms with van der Waals surface area (Å²) in [5.41, 5.74) is 7.39. The number of anilines is 1. The van der Waals surface area contributed by atoms with E-state index in [1.54, 1.807) is 6.07 Å². The van der Waals surface area contributed by atoms with Crippen LogP contribution in [0.25, 0.3) is 0 Å². The van der Waals surface area contributed by atoms with Crippen molar-refractivity contribution in [3.05, 3.63) is 23.8 Å². The molecule has 1 heterocycles. The summed E-state index contributed by atoms with van der Waals surface area (Å²) in [5.74, 6) is 0.176. The van der Waals surface area contributed by atoms with E-state index in [1.165, 1.54) is 24.8 Å².